The molecule has 2 aliphatic heterocycles. The summed E-state index contributed by atoms with van der Waals surface area (Å²) in [5, 5.41) is 0. The highest BCUT2D eigenvalue weighted by Gasteiger charge is 2.20. The summed E-state index contributed by atoms with van der Waals surface area (Å²) in [6, 6.07) is 6.74. The average molecular weight is 342 g/mol. The minimum absolute atomic E-state index is 0.327. The number of rotatable bonds is 5. The van der Waals surface area contributed by atoms with Crippen LogP contribution in [-0.2, 0) is 26.2 Å². The highest BCUT2D eigenvalue weighted by Crippen LogP contribution is 2.33. The van der Waals surface area contributed by atoms with Crippen LogP contribution in [0.3, 0.4) is 0 Å². The van der Waals surface area contributed by atoms with Crippen LogP contribution >= 0.6 is 0 Å². The zero-order chi connectivity index (χ0) is 17.4. The van der Waals surface area contributed by atoms with Crippen molar-refractivity contribution in [2.45, 2.75) is 46.1 Å². The Hall–Kier alpha value is -2.05. The maximum Gasteiger partial charge on any atom is 0.231 e. The van der Waals surface area contributed by atoms with E-state index in [4.69, 9.17) is 14.5 Å². The molecule has 0 N–H and O–H groups in total. The van der Waals surface area contributed by atoms with Gasteiger partial charge in [0.25, 0.3) is 0 Å². The lowest BCUT2D eigenvalue weighted by atomic mass is 10.2. The molecular formula is C19H26N4O2. The molecule has 0 saturated carbocycles. The number of fused-ring (bicyclic) bond motifs is 2. The Kier molecular flexibility index (Phi) is 4.39. The molecule has 0 radical (unpaired) electrons. The van der Waals surface area contributed by atoms with Gasteiger partial charge >= 0.3 is 0 Å². The number of hydrogen-bond acceptors (Lipinski definition) is 5. The highest BCUT2D eigenvalue weighted by molar-refractivity contribution is 5.44. The Morgan fingerprint density at radius 2 is 2.04 bits per heavy atom. The summed E-state index contributed by atoms with van der Waals surface area (Å²) in [5.41, 5.74) is 2.42. The standard InChI is InChI=1S/C19H26N4O2/c1-14(2)21(3)10-16-11-23-7-6-22(12-19(23)20-16)9-15-4-5-17-18(8-15)25-13-24-17/h4-5,8,11,14H,6-7,9-10,12-13H2,1-3H3. The maximum absolute atomic E-state index is 5.48. The first-order valence-electron chi connectivity index (χ1n) is 8.94. The first kappa shape index (κ1) is 16.4. The number of hydrogen-bond donors (Lipinski definition) is 0. The van der Waals surface area contributed by atoms with Gasteiger partial charge in [0.1, 0.15) is 5.82 Å². The molecule has 0 saturated heterocycles. The molecule has 2 aromatic rings. The molecule has 25 heavy (non-hydrogen) atoms. The normalized spacial score (nSPS) is 16.7. The minimum atomic E-state index is 0.327. The zero-order valence-corrected chi connectivity index (χ0v) is 15.2. The molecule has 2 aliphatic rings. The minimum Gasteiger partial charge on any atom is -0.454 e. The lowest BCUT2D eigenvalue weighted by molar-refractivity contribution is 0.173. The van der Waals surface area contributed by atoms with E-state index in [1.165, 1.54) is 11.4 Å². The van der Waals surface area contributed by atoms with Crippen molar-refractivity contribution in [3.8, 4) is 11.5 Å². The van der Waals surface area contributed by atoms with Crippen LogP contribution in [0.1, 0.15) is 30.9 Å². The van der Waals surface area contributed by atoms with Gasteiger partial charge in [-0.25, -0.2) is 4.98 Å². The van der Waals surface area contributed by atoms with Gasteiger partial charge in [0.15, 0.2) is 11.5 Å². The predicted octanol–water partition coefficient (Wildman–Crippen LogP) is 2.47. The van der Waals surface area contributed by atoms with Crippen LogP contribution in [0.25, 0.3) is 0 Å². The molecule has 6 nitrogen and oxygen atoms in total. The Morgan fingerprint density at radius 3 is 2.88 bits per heavy atom. The fraction of sp³-hybridized carbons (Fsp3) is 0.526. The molecule has 1 aromatic heterocycles. The SMILES string of the molecule is CC(C)N(C)Cc1cn2c(n1)CN(Cc1ccc3c(c1)OCO3)CC2. The van der Waals surface area contributed by atoms with Crippen molar-refractivity contribution < 1.29 is 9.47 Å². The van der Waals surface area contributed by atoms with Gasteiger partial charge in [-0.2, -0.15) is 0 Å². The molecule has 0 spiro atoms. The molecule has 0 aliphatic carbocycles. The second-order valence-electron chi connectivity index (χ2n) is 7.25. The summed E-state index contributed by atoms with van der Waals surface area (Å²) in [7, 11) is 2.15. The van der Waals surface area contributed by atoms with E-state index in [0.717, 1.165) is 49.9 Å². The van der Waals surface area contributed by atoms with Crippen molar-refractivity contribution >= 4 is 0 Å². The van der Waals surface area contributed by atoms with Crippen molar-refractivity contribution in [3.05, 3.63) is 41.5 Å². The molecule has 6 heteroatoms. The van der Waals surface area contributed by atoms with Gasteiger partial charge in [-0.3, -0.25) is 9.80 Å². The molecule has 0 amide bonds. The Bertz CT molecular complexity index is 756. The van der Waals surface area contributed by atoms with E-state index in [-0.39, 0.29) is 0 Å². The molecule has 1 aromatic carbocycles. The topological polar surface area (TPSA) is 42.8 Å². The van der Waals surface area contributed by atoms with Crippen LogP contribution in [0.5, 0.6) is 11.5 Å². The number of benzene rings is 1. The van der Waals surface area contributed by atoms with Crippen molar-refractivity contribution in [3.63, 3.8) is 0 Å². The third-order valence-electron chi connectivity index (χ3n) is 5.07. The molecule has 0 atom stereocenters. The van der Waals surface area contributed by atoms with Crippen LogP contribution in [0.2, 0.25) is 0 Å². The van der Waals surface area contributed by atoms with E-state index in [0.29, 0.717) is 12.8 Å². The Balaban J connectivity index is 1.41. The van der Waals surface area contributed by atoms with E-state index in [1.54, 1.807) is 0 Å². The van der Waals surface area contributed by atoms with E-state index in [2.05, 4.69) is 53.6 Å². The lowest BCUT2D eigenvalue weighted by Gasteiger charge is -2.27. The van der Waals surface area contributed by atoms with Gasteiger partial charge in [-0.15, -0.1) is 0 Å². The molecule has 4 rings (SSSR count). The van der Waals surface area contributed by atoms with Crippen molar-refractivity contribution in [2.24, 2.45) is 0 Å². The zero-order valence-electron chi connectivity index (χ0n) is 15.2. The van der Waals surface area contributed by atoms with Crippen LogP contribution in [-0.4, -0.2) is 45.8 Å². The van der Waals surface area contributed by atoms with Gasteiger partial charge in [0, 0.05) is 38.4 Å². The molecule has 3 heterocycles. The molecule has 0 unspecified atom stereocenters. The second kappa shape index (κ2) is 6.69. The number of nitrogens with zero attached hydrogens (tertiary/aromatic N) is 4. The molecule has 0 fully saturated rings. The van der Waals surface area contributed by atoms with Gasteiger partial charge in [-0.05, 0) is 38.6 Å². The summed E-state index contributed by atoms with van der Waals surface area (Å²) < 4.78 is 13.2. The fourth-order valence-electron chi connectivity index (χ4n) is 3.31. The quantitative estimate of drug-likeness (QED) is 0.835. The van der Waals surface area contributed by atoms with Gasteiger partial charge < -0.3 is 14.0 Å². The van der Waals surface area contributed by atoms with Crippen LogP contribution in [0, 0.1) is 0 Å². The first-order chi connectivity index (χ1) is 12.1. The van der Waals surface area contributed by atoms with Gasteiger partial charge in [0.05, 0.1) is 12.2 Å². The number of ether oxygens (including phenoxy) is 2. The Labute approximate surface area is 149 Å². The summed E-state index contributed by atoms with van der Waals surface area (Å²) in [6.07, 6.45) is 2.21. The number of imidazole rings is 1. The van der Waals surface area contributed by atoms with Gasteiger partial charge in [-0.1, -0.05) is 6.07 Å². The second-order valence-corrected chi connectivity index (χ2v) is 7.25. The lowest BCUT2D eigenvalue weighted by Crippen LogP contribution is -2.33. The monoisotopic (exact) mass is 342 g/mol. The first-order valence-corrected chi connectivity index (χ1v) is 8.94. The number of aromatic nitrogens is 2. The highest BCUT2D eigenvalue weighted by atomic mass is 16.7. The summed E-state index contributed by atoms with van der Waals surface area (Å²) in [6.45, 7) is 9.49. The van der Waals surface area contributed by atoms with E-state index >= 15 is 0 Å². The summed E-state index contributed by atoms with van der Waals surface area (Å²) in [4.78, 5) is 9.62. The predicted molar refractivity (Wildman–Crippen MR) is 95.5 cm³/mol. The largest absolute Gasteiger partial charge is 0.454 e. The molecule has 134 valence electrons. The average Bonchev–Trinajstić information content (AvgIpc) is 3.19. The van der Waals surface area contributed by atoms with E-state index in [1.807, 2.05) is 6.07 Å². The van der Waals surface area contributed by atoms with Crippen molar-refractivity contribution in [2.75, 3.05) is 20.4 Å². The van der Waals surface area contributed by atoms with Crippen LogP contribution < -0.4 is 9.47 Å². The summed E-state index contributed by atoms with van der Waals surface area (Å²) >= 11 is 0. The van der Waals surface area contributed by atoms with Crippen molar-refractivity contribution in [1.29, 1.82) is 0 Å². The van der Waals surface area contributed by atoms with Crippen LogP contribution in [0.15, 0.2) is 24.4 Å². The van der Waals surface area contributed by atoms with E-state index in [9.17, 15) is 0 Å². The third-order valence-corrected chi connectivity index (χ3v) is 5.07. The Morgan fingerprint density at radius 1 is 1.20 bits per heavy atom. The van der Waals surface area contributed by atoms with E-state index < -0.39 is 0 Å². The summed E-state index contributed by atoms with van der Waals surface area (Å²) in [5.74, 6) is 2.87. The maximum atomic E-state index is 5.48. The fourth-order valence-corrected chi connectivity index (χ4v) is 3.31. The third kappa shape index (κ3) is 3.50. The molecular weight excluding hydrogens is 316 g/mol. The van der Waals surface area contributed by atoms with Gasteiger partial charge in [0.2, 0.25) is 6.79 Å². The smallest absolute Gasteiger partial charge is 0.231 e. The van der Waals surface area contributed by atoms with Crippen molar-refractivity contribution in [1.82, 2.24) is 19.4 Å². The van der Waals surface area contributed by atoms with Crippen LogP contribution in [0.4, 0.5) is 0 Å². The molecule has 0 bridgehead atoms.